The lowest BCUT2D eigenvalue weighted by molar-refractivity contribution is -0.00806. The summed E-state index contributed by atoms with van der Waals surface area (Å²) in [5, 5.41) is 7.66. The molecule has 7 nitrogen and oxygen atoms in total. The highest BCUT2D eigenvalue weighted by Gasteiger charge is 2.25. The van der Waals surface area contributed by atoms with Crippen LogP contribution in [0.2, 0.25) is 0 Å². The van der Waals surface area contributed by atoms with Crippen molar-refractivity contribution in [1.29, 1.82) is 0 Å². The average Bonchev–Trinajstić information content (AvgIpc) is 3.23. The summed E-state index contributed by atoms with van der Waals surface area (Å²) in [5.74, 6) is 1.54. The van der Waals surface area contributed by atoms with Gasteiger partial charge in [-0.1, -0.05) is 0 Å². The van der Waals surface area contributed by atoms with Crippen LogP contribution in [-0.4, -0.2) is 66.6 Å². The number of nitrogens with zero attached hydrogens (tertiary/aromatic N) is 4. The normalized spacial score (nSPS) is 24.8. The summed E-state index contributed by atoms with van der Waals surface area (Å²) < 4.78 is 13.2. The average molecular weight is 449 g/mol. The van der Waals surface area contributed by atoms with Crippen molar-refractivity contribution < 1.29 is 9.47 Å². The van der Waals surface area contributed by atoms with Crippen molar-refractivity contribution in [2.45, 2.75) is 19.4 Å². The van der Waals surface area contributed by atoms with Crippen LogP contribution in [0, 0.1) is 5.92 Å². The van der Waals surface area contributed by atoms with Crippen molar-refractivity contribution in [2.75, 3.05) is 46.0 Å². The Labute approximate surface area is 160 Å². The quantitative estimate of drug-likeness (QED) is 0.428. The Balaban J connectivity index is 0.00000208. The molecule has 1 aromatic rings. The molecular formula is C16H28IN5O2. The first-order valence-electron chi connectivity index (χ1n) is 8.47. The Hall–Kier alpha value is -0.870. The van der Waals surface area contributed by atoms with Gasteiger partial charge in [-0.2, -0.15) is 5.10 Å². The van der Waals surface area contributed by atoms with Gasteiger partial charge in [-0.15, -0.1) is 24.0 Å². The first kappa shape index (κ1) is 19.5. The zero-order valence-corrected chi connectivity index (χ0v) is 16.8. The molecule has 3 heterocycles. The maximum Gasteiger partial charge on any atom is 0.194 e. The fourth-order valence-corrected chi connectivity index (χ4v) is 3.02. The lowest BCUT2D eigenvalue weighted by atomic mass is 10.1. The molecule has 2 aliphatic heterocycles. The molecule has 0 aromatic carbocycles. The maximum absolute atomic E-state index is 5.92. The molecule has 1 N–H and O–H groups in total. The van der Waals surface area contributed by atoms with E-state index in [0.717, 1.165) is 57.3 Å². The van der Waals surface area contributed by atoms with Gasteiger partial charge >= 0.3 is 0 Å². The van der Waals surface area contributed by atoms with Crippen molar-refractivity contribution in [3.63, 3.8) is 0 Å². The second kappa shape index (κ2) is 9.57. The van der Waals surface area contributed by atoms with Gasteiger partial charge in [0.25, 0.3) is 0 Å². The molecule has 2 saturated heterocycles. The van der Waals surface area contributed by atoms with Crippen LogP contribution in [0.1, 0.15) is 25.0 Å². The van der Waals surface area contributed by atoms with Crippen molar-refractivity contribution in [1.82, 2.24) is 20.0 Å². The fourth-order valence-electron chi connectivity index (χ4n) is 3.02. The number of morpholine rings is 1. The summed E-state index contributed by atoms with van der Waals surface area (Å²) in [7, 11) is 1.93. The number of hydrogen-bond acceptors (Lipinski definition) is 4. The SMILES string of the molecule is CCNC(=NCC1CCOC1)N1CCOC(c2cnn(C)c2)C1.I. The van der Waals surface area contributed by atoms with Gasteiger partial charge in [-0.05, 0) is 13.3 Å². The van der Waals surface area contributed by atoms with E-state index in [-0.39, 0.29) is 30.1 Å². The van der Waals surface area contributed by atoms with E-state index in [2.05, 4.69) is 22.2 Å². The highest BCUT2D eigenvalue weighted by Crippen LogP contribution is 2.22. The molecule has 2 atom stereocenters. The lowest BCUT2D eigenvalue weighted by Gasteiger charge is -2.35. The molecule has 0 spiro atoms. The minimum Gasteiger partial charge on any atom is -0.381 e. The van der Waals surface area contributed by atoms with Crippen LogP contribution in [0.15, 0.2) is 17.4 Å². The van der Waals surface area contributed by atoms with Crippen LogP contribution in [-0.2, 0) is 16.5 Å². The van der Waals surface area contributed by atoms with E-state index < -0.39 is 0 Å². The van der Waals surface area contributed by atoms with Gasteiger partial charge in [-0.25, -0.2) is 0 Å². The van der Waals surface area contributed by atoms with E-state index in [1.165, 1.54) is 0 Å². The number of halogens is 1. The molecule has 1 aromatic heterocycles. The molecule has 24 heavy (non-hydrogen) atoms. The van der Waals surface area contributed by atoms with E-state index in [1.54, 1.807) is 0 Å². The molecule has 2 fully saturated rings. The Morgan fingerprint density at radius 2 is 2.33 bits per heavy atom. The molecular weight excluding hydrogens is 421 g/mol. The van der Waals surface area contributed by atoms with Gasteiger partial charge in [0.05, 0.1) is 26.0 Å². The third kappa shape index (κ3) is 5.06. The predicted molar refractivity (Wildman–Crippen MR) is 104 cm³/mol. The van der Waals surface area contributed by atoms with Crippen molar-refractivity contribution >= 4 is 29.9 Å². The first-order valence-corrected chi connectivity index (χ1v) is 8.47. The van der Waals surface area contributed by atoms with Crippen LogP contribution in [0.25, 0.3) is 0 Å². The molecule has 3 rings (SSSR count). The minimum atomic E-state index is 0. The summed E-state index contributed by atoms with van der Waals surface area (Å²) in [6.07, 6.45) is 5.07. The Morgan fingerprint density at radius 1 is 1.46 bits per heavy atom. The number of rotatable bonds is 4. The van der Waals surface area contributed by atoms with Gasteiger partial charge in [0.1, 0.15) is 6.10 Å². The fraction of sp³-hybridized carbons (Fsp3) is 0.750. The number of hydrogen-bond donors (Lipinski definition) is 1. The molecule has 0 amide bonds. The van der Waals surface area contributed by atoms with Crippen molar-refractivity contribution in [3.05, 3.63) is 18.0 Å². The summed E-state index contributed by atoms with van der Waals surface area (Å²) in [5.41, 5.74) is 1.12. The number of aromatic nitrogens is 2. The zero-order valence-electron chi connectivity index (χ0n) is 14.5. The van der Waals surface area contributed by atoms with Crippen molar-refractivity contribution in [3.8, 4) is 0 Å². The second-order valence-corrected chi connectivity index (χ2v) is 6.18. The molecule has 2 aliphatic rings. The van der Waals surface area contributed by atoms with Gasteiger partial charge in [0, 0.05) is 51.0 Å². The number of guanidine groups is 1. The second-order valence-electron chi connectivity index (χ2n) is 6.18. The maximum atomic E-state index is 5.92. The van der Waals surface area contributed by atoms with E-state index >= 15 is 0 Å². The first-order chi connectivity index (χ1) is 11.3. The van der Waals surface area contributed by atoms with Gasteiger partial charge < -0.3 is 19.7 Å². The third-order valence-corrected chi connectivity index (χ3v) is 4.32. The Morgan fingerprint density at radius 3 is 3.00 bits per heavy atom. The largest absolute Gasteiger partial charge is 0.381 e. The van der Waals surface area contributed by atoms with Gasteiger partial charge in [0.15, 0.2) is 5.96 Å². The highest BCUT2D eigenvalue weighted by molar-refractivity contribution is 14.0. The number of nitrogens with one attached hydrogen (secondary N) is 1. The van der Waals surface area contributed by atoms with E-state index in [0.29, 0.717) is 12.5 Å². The topological polar surface area (TPSA) is 63.9 Å². The molecule has 2 unspecified atom stereocenters. The number of ether oxygens (including phenoxy) is 2. The lowest BCUT2D eigenvalue weighted by Crippen LogP contribution is -2.48. The zero-order chi connectivity index (χ0) is 16.1. The summed E-state index contributed by atoms with van der Waals surface area (Å²) >= 11 is 0. The monoisotopic (exact) mass is 449 g/mol. The minimum absolute atomic E-state index is 0. The summed E-state index contributed by atoms with van der Waals surface area (Å²) in [4.78, 5) is 7.12. The molecule has 136 valence electrons. The smallest absolute Gasteiger partial charge is 0.194 e. The van der Waals surface area contributed by atoms with Gasteiger partial charge in [0.2, 0.25) is 0 Å². The highest BCUT2D eigenvalue weighted by atomic mass is 127. The molecule has 8 heteroatoms. The predicted octanol–water partition coefficient (Wildman–Crippen LogP) is 1.41. The Bertz CT molecular complexity index is 530. The van der Waals surface area contributed by atoms with Crippen LogP contribution in [0.4, 0.5) is 0 Å². The van der Waals surface area contributed by atoms with E-state index in [1.807, 2.05) is 24.1 Å². The van der Waals surface area contributed by atoms with Crippen LogP contribution < -0.4 is 5.32 Å². The van der Waals surface area contributed by atoms with Crippen LogP contribution >= 0.6 is 24.0 Å². The summed E-state index contributed by atoms with van der Waals surface area (Å²) in [6.45, 7) is 7.89. The van der Waals surface area contributed by atoms with E-state index in [9.17, 15) is 0 Å². The molecule has 0 aliphatic carbocycles. The van der Waals surface area contributed by atoms with Crippen molar-refractivity contribution in [2.24, 2.45) is 18.0 Å². The number of aliphatic imine (C=N–C) groups is 1. The molecule has 0 saturated carbocycles. The molecule has 0 bridgehead atoms. The van der Waals surface area contributed by atoms with Crippen LogP contribution in [0.5, 0.6) is 0 Å². The standard InChI is InChI=1S/C16H27N5O2.HI/c1-3-17-16(18-8-13-4-6-22-12-13)21-5-7-23-15(11-21)14-9-19-20(2)10-14;/h9-10,13,15H,3-8,11-12H2,1-2H3,(H,17,18);1H. The molecule has 0 radical (unpaired) electrons. The Kier molecular flexibility index (Phi) is 7.76. The van der Waals surface area contributed by atoms with Gasteiger partial charge in [-0.3, -0.25) is 9.67 Å². The van der Waals surface area contributed by atoms with E-state index in [4.69, 9.17) is 14.5 Å². The van der Waals surface area contributed by atoms with Crippen LogP contribution in [0.3, 0.4) is 0 Å². The summed E-state index contributed by atoms with van der Waals surface area (Å²) in [6, 6.07) is 0. The number of aryl methyl sites for hydroxylation is 1. The third-order valence-electron chi connectivity index (χ3n) is 4.32.